The van der Waals surface area contributed by atoms with Crippen LogP contribution in [-0.4, -0.2) is 81.9 Å². The smallest absolute Gasteiger partial charge is 0.410 e. The van der Waals surface area contributed by atoms with E-state index in [1.807, 2.05) is 33.9 Å². The Hall–Kier alpha value is -2.87. The first-order valence-corrected chi connectivity index (χ1v) is 15.5. The Bertz CT molecular complexity index is 1290. The number of aromatic nitrogens is 2. The van der Waals surface area contributed by atoms with Gasteiger partial charge in [-0.25, -0.2) is 14.8 Å². The molecule has 1 amide bonds. The number of carbonyl (C=O) groups is 1. The van der Waals surface area contributed by atoms with Crippen LogP contribution in [0.1, 0.15) is 75.4 Å². The zero-order chi connectivity index (χ0) is 29.1. The standard InChI is InChI=1S/C33H47N5O3/c1-21-17-22(2)35-30(34-21)38-20-24-11-12-33-13-14-37(16-15-36(6)31(40)41-32(3,4)5)25(8-10-28(38)29(24)33)18-23-7-9-26(39)19-27(23)33/h7,9,17,19,24-25,28-29,39H,8,10-16,18,20H2,1-6H3/t24-,25?,28?,29?,33?/m1/s1. The number of rotatable bonds is 4. The predicted octanol–water partition coefficient (Wildman–Crippen LogP) is 5.23. The number of amides is 1. The average molecular weight is 562 g/mol. The molecule has 8 heteroatoms. The molecule has 0 radical (unpaired) electrons. The van der Waals surface area contributed by atoms with E-state index in [1.54, 1.807) is 4.90 Å². The summed E-state index contributed by atoms with van der Waals surface area (Å²) in [5.74, 6) is 2.37. The summed E-state index contributed by atoms with van der Waals surface area (Å²) in [6.07, 6.45) is 6.31. The Morgan fingerprint density at radius 3 is 2.61 bits per heavy atom. The highest BCUT2D eigenvalue weighted by Crippen LogP contribution is 2.60. The number of phenolic OH excluding ortho intramolecular Hbond substituents is 1. The van der Waals surface area contributed by atoms with E-state index in [0.29, 0.717) is 36.2 Å². The first kappa shape index (κ1) is 28.3. The van der Waals surface area contributed by atoms with E-state index in [2.05, 4.69) is 41.8 Å². The largest absolute Gasteiger partial charge is 0.508 e. The molecule has 2 saturated heterocycles. The van der Waals surface area contributed by atoms with Crippen LogP contribution >= 0.6 is 0 Å². The lowest BCUT2D eigenvalue weighted by molar-refractivity contribution is 0.0269. The molecule has 2 aliphatic carbocycles. The lowest BCUT2D eigenvalue weighted by Gasteiger charge is -2.44. The second-order valence-corrected chi connectivity index (χ2v) is 14.1. The Kier molecular flexibility index (Phi) is 7.20. The van der Waals surface area contributed by atoms with Gasteiger partial charge in [-0.1, -0.05) is 6.07 Å². The minimum absolute atomic E-state index is 0.0155. The maximum atomic E-state index is 12.7. The van der Waals surface area contributed by atoms with E-state index in [9.17, 15) is 9.90 Å². The summed E-state index contributed by atoms with van der Waals surface area (Å²) < 4.78 is 5.63. The van der Waals surface area contributed by atoms with Gasteiger partial charge >= 0.3 is 6.09 Å². The van der Waals surface area contributed by atoms with Crippen LogP contribution in [0.4, 0.5) is 10.7 Å². The molecule has 3 aliphatic heterocycles. The summed E-state index contributed by atoms with van der Waals surface area (Å²) in [5, 5.41) is 10.7. The van der Waals surface area contributed by atoms with Gasteiger partial charge in [0.05, 0.1) is 0 Å². The van der Waals surface area contributed by atoms with Gasteiger partial charge in [0.15, 0.2) is 0 Å². The molecular weight excluding hydrogens is 514 g/mol. The lowest BCUT2D eigenvalue weighted by atomic mass is 9.64. The summed E-state index contributed by atoms with van der Waals surface area (Å²) in [6.45, 7) is 13.3. The van der Waals surface area contributed by atoms with Crippen molar-refractivity contribution in [3.8, 4) is 5.75 Å². The van der Waals surface area contributed by atoms with E-state index >= 15 is 0 Å². The Morgan fingerprint density at radius 1 is 1.12 bits per heavy atom. The third-order valence-corrected chi connectivity index (χ3v) is 10.3. The summed E-state index contributed by atoms with van der Waals surface area (Å²) in [7, 11) is 1.85. The van der Waals surface area contributed by atoms with Crippen molar-refractivity contribution in [3.63, 3.8) is 0 Å². The molecule has 4 unspecified atom stereocenters. The highest BCUT2D eigenvalue weighted by atomic mass is 16.6. The number of anilines is 1. The minimum Gasteiger partial charge on any atom is -0.508 e. The maximum absolute atomic E-state index is 12.7. The molecule has 4 heterocycles. The van der Waals surface area contributed by atoms with Crippen LogP contribution in [0.25, 0.3) is 0 Å². The molecule has 5 atom stereocenters. The van der Waals surface area contributed by atoms with Gasteiger partial charge in [-0.2, -0.15) is 0 Å². The highest BCUT2D eigenvalue weighted by molar-refractivity contribution is 5.67. The van der Waals surface area contributed by atoms with Crippen molar-refractivity contribution in [1.82, 2.24) is 19.8 Å². The topological polar surface area (TPSA) is 82.0 Å². The summed E-state index contributed by atoms with van der Waals surface area (Å²) >= 11 is 0. The van der Waals surface area contributed by atoms with E-state index < -0.39 is 5.60 Å². The van der Waals surface area contributed by atoms with Crippen LogP contribution in [0.3, 0.4) is 0 Å². The number of fused-ring (bicyclic) bond motifs is 3. The van der Waals surface area contributed by atoms with Crippen LogP contribution in [0.2, 0.25) is 0 Å². The number of hydrogen-bond acceptors (Lipinski definition) is 7. The molecule has 1 spiro atoms. The second-order valence-electron chi connectivity index (χ2n) is 14.1. The number of hydrogen-bond donors (Lipinski definition) is 1. The number of nitrogens with zero attached hydrogens (tertiary/aromatic N) is 5. The van der Waals surface area contributed by atoms with Gasteiger partial charge in [0, 0.05) is 55.6 Å². The second kappa shape index (κ2) is 10.4. The number of benzene rings is 1. The van der Waals surface area contributed by atoms with Gasteiger partial charge < -0.3 is 19.6 Å². The SMILES string of the molecule is Cc1cc(C)nc(N2C[C@H]3CCC45CCN(CCN(C)C(=O)OC(C)(C)C)C(CCC2C34)Cc2ccc(O)cc25)n1. The fourth-order valence-electron chi connectivity index (χ4n) is 8.62. The first-order chi connectivity index (χ1) is 19.4. The highest BCUT2D eigenvalue weighted by Gasteiger charge is 2.59. The molecular formula is C33H47N5O3. The van der Waals surface area contributed by atoms with Crippen LogP contribution in [0.5, 0.6) is 5.75 Å². The first-order valence-electron chi connectivity index (χ1n) is 15.5. The van der Waals surface area contributed by atoms with Gasteiger partial charge in [-0.05, 0) is 121 Å². The molecule has 5 aliphatic rings. The number of likely N-dealkylation sites (N-methyl/N-ethyl adjacent to an activating group) is 1. The number of ether oxygens (including phenoxy) is 1. The summed E-state index contributed by atoms with van der Waals surface area (Å²) in [6, 6.07) is 8.95. The molecule has 2 aromatic rings. The third-order valence-electron chi connectivity index (χ3n) is 10.3. The fourth-order valence-corrected chi connectivity index (χ4v) is 8.62. The number of carbonyl (C=O) groups excluding carboxylic acids is 1. The van der Waals surface area contributed by atoms with Gasteiger partial charge in [0.2, 0.25) is 5.95 Å². The van der Waals surface area contributed by atoms with E-state index in [4.69, 9.17) is 14.7 Å². The van der Waals surface area contributed by atoms with Crippen LogP contribution < -0.4 is 4.90 Å². The zero-order valence-corrected chi connectivity index (χ0v) is 25.7. The Labute approximate surface area is 245 Å². The van der Waals surface area contributed by atoms with Crippen molar-refractivity contribution in [1.29, 1.82) is 0 Å². The molecule has 7 rings (SSSR count). The quantitative estimate of drug-likeness (QED) is 0.548. The van der Waals surface area contributed by atoms with Crippen LogP contribution in [-0.2, 0) is 16.6 Å². The summed E-state index contributed by atoms with van der Waals surface area (Å²) in [4.78, 5) is 29.5. The molecule has 1 aromatic heterocycles. The zero-order valence-electron chi connectivity index (χ0n) is 25.7. The number of aromatic hydroxyl groups is 1. The van der Waals surface area contributed by atoms with E-state index in [-0.39, 0.29) is 11.5 Å². The van der Waals surface area contributed by atoms with Gasteiger partial charge in [0.1, 0.15) is 11.4 Å². The van der Waals surface area contributed by atoms with Crippen molar-refractivity contribution < 1.29 is 14.6 Å². The summed E-state index contributed by atoms with van der Waals surface area (Å²) in [5.41, 5.74) is 4.34. The maximum Gasteiger partial charge on any atom is 0.410 e. The van der Waals surface area contributed by atoms with Crippen LogP contribution in [0, 0.1) is 25.7 Å². The van der Waals surface area contributed by atoms with Gasteiger partial charge in [0.25, 0.3) is 0 Å². The number of phenols is 1. The van der Waals surface area contributed by atoms with Gasteiger partial charge in [-0.15, -0.1) is 0 Å². The van der Waals surface area contributed by atoms with Crippen molar-refractivity contribution in [3.05, 3.63) is 46.8 Å². The van der Waals surface area contributed by atoms with E-state index in [0.717, 1.165) is 69.1 Å². The van der Waals surface area contributed by atoms with Crippen molar-refractivity contribution in [2.24, 2.45) is 11.8 Å². The molecule has 8 nitrogen and oxygen atoms in total. The van der Waals surface area contributed by atoms with Crippen molar-refractivity contribution in [2.75, 3.05) is 38.1 Å². The Morgan fingerprint density at radius 2 is 1.88 bits per heavy atom. The minimum atomic E-state index is -0.503. The van der Waals surface area contributed by atoms with E-state index in [1.165, 1.54) is 17.5 Å². The average Bonchev–Trinajstić information content (AvgIpc) is 3.45. The Balaban J connectivity index is 1.35. The molecule has 222 valence electrons. The molecule has 41 heavy (non-hydrogen) atoms. The van der Waals surface area contributed by atoms with Crippen molar-refractivity contribution in [2.45, 2.75) is 96.2 Å². The normalized spacial score (nSPS) is 29.3. The lowest BCUT2D eigenvalue weighted by Crippen LogP contribution is -2.47. The van der Waals surface area contributed by atoms with Crippen LogP contribution in [0.15, 0.2) is 24.3 Å². The monoisotopic (exact) mass is 561 g/mol. The molecule has 1 N–H and O–H groups in total. The number of aryl methyl sites for hydroxylation is 2. The fraction of sp³-hybridized carbons (Fsp3) is 0.667. The third kappa shape index (κ3) is 5.28. The molecule has 1 aromatic carbocycles. The van der Waals surface area contributed by atoms with Crippen molar-refractivity contribution >= 4 is 12.0 Å². The molecule has 1 saturated carbocycles. The molecule has 2 bridgehead atoms. The van der Waals surface area contributed by atoms with Gasteiger partial charge in [-0.3, -0.25) is 4.90 Å². The molecule has 3 fully saturated rings. The predicted molar refractivity (Wildman–Crippen MR) is 160 cm³/mol.